The molecule has 0 radical (unpaired) electrons. The van der Waals surface area contributed by atoms with E-state index in [1.807, 2.05) is 6.07 Å². The molecule has 2 rings (SSSR count). The molecule has 0 spiro atoms. The minimum atomic E-state index is -4.64. The van der Waals surface area contributed by atoms with Crippen LogP contribution in [0.2, 0.25) is 0 Å². The Morgan fingerprint density at radius 1 is 1.22 bits per heavy atom. The second-order valence-corrected chi connectivity index (χ2v) is 5.79. The molecular formula is C18H14F3N3O3. The molecule has 0 atom stereocenters. The van der Waals surface area contributed by atoms with E-state index in [2.05, 4.69) is 0 Å². The van der Waals surface area contributed by atoms with Crippen molar-refractivity contribution in [3.63, 3.8) is 0 Å². The van der Waals surface area contributed by atoms with Crippen LogP contribution in [0.3, 0.4) is 0 Å². The fourth-order valence-corrected chi connectivity index (χ4v) is 2.54. The first-order valence-electron chi connectivity index (χ1n) is 7.71. The minimum absolute atomic E-state index is 0.000460. The van der Waals surface area contributed by atoms with Gasteiger partial charge in [-0.2, -0.15) is 18.4 Å². The summed E-state index contributed by atoms with van der Waals surface area (Å²) in [5, 5.41) is 19.8. The predicted molar refractivity (Wildman–Crippen MR) is 89.8 cm³/mol. The molecule has 2 aromatic carbocycles. The Morgan fingerprint density at radius 2 is 1.85 bits per heavy atom. The summed E-state index contributed by atoms with van der Waals surface area (Å²) in [5.41, 5.74) is 0.226. The van der Waals surface area contributed by atoms with E-state index in [0.717, 1.165) is 0 Å². The van der Waals surface area contributed by atoms with Crippen LogP contribution in [0, 0.1) is 28.4 Å². The number of halogens is 3. The number of benzene rings is 2. The SMILES string of the molecule is Cc1c(C(=O)N(Cc2ccc(C#N)cc2)CC(F)(F)F)cccc1[N+](=O)[O-]. The van der Waals surface area contributed by atoms with Gasteiger partial charge < -0.3 is 4.90 Å². The number of nitriles is 1. The van der Waals surface area contributed by atoms with Gasteiger partial charge in [-0.25, -0.2) is 0 Å². The maximum Gasteiger partial charge on any atom is 0.406 e. The van der Waals surface area contributed by atoms with Crippen molar-refractivity contribution in [2.45, 2.75) is 19.6 Å². The lowest BCUT2D eigenvalue weighted by Gasteiger charge is -2.25. The highest BCUT2D eigenvalue weighted by Gasteiger charge is 2.34. The van der Waals surface area contributed by atoms with Gasteiger partial charge in [-0.3, -0.25) is 14.9 Å². The third kappa shape index (κ3) is 5.04. The van der Waals surface area contributed by atoms with E-state index in [1.165, 1.54) is 49.4 Å². The van der Waals surface area contributed by atoms with E-state index in [9.17, 15) is 28.1 Å². The van der Waals surface area contributed by atoms with Gasteiger partial charge in [0.1, 0.15) is 6.54 Å². The molecule has 6 nitrogen and oxygen atoms in total. The van der Waals surface area contributed by atoms with E-state index >= 15 is 0 Å². The zero-order chi connectivity index (χ0) is 20.2. The van der Waals surface area contributed by atoms with E-state index in [4.69, 9.17) is 5.26 Å². The van der Waals surface area contributed by atoms with Crippen LogP contribution in [0.4, 0.5) is 18.9 Å². The molecule has 0 unspecified atom stereocenters. The largest absolute Gasteiger partial charge is 0.406 e. The van der Waals surface area contributed by atoms with Crippen molar-refractivity contribution in [3.05, 3.63) is 74.8 Å². The van der Waals surface area contributed by atoms with Gasteiger partial charge in [-0.15, -0.1) is 0 Å². The Morgan fingerprint density at radius 3 is 2.37 bits per heavy atom. The second-order valence-electron chi connectivity index (χ2n) is 5.79. The number of nitrogens with zero attached hydrogens (tertiary/aromatic N) is 3. The van der Waals surface area contributed by atoms with Gasteiger partial charge in [0.2, 0.25) is 0 Å². The molecule has 0 saturated carbocycles. The third-order valence-electron chi connectivity index (χ3n) is 3.85. The number of alkyl halides is 3. The van der Waals surface area contributed by atoms with Gasteiger partial charge in [0.05, 0.1) is 16.6 Å². The van der Waals surface area contributed by atoms with Crippen LogP contribution in [-0.4, -0.2) is 28.5 Å². The number of nitro groups is 1. The maximum atomic E-state index is 13.0. The van der Waals surface area contributed by atoms with Gasteiger partial charge in [0.15, 0.2) is 0 Å². The molecule has 0 heterocycles. The highest BCUT2D eigenvalue weighted by atomic mass is 19.4. The summed E-state index contributed by atoms with van der Waals surface area (Å²) >= 11 is 0. The zero-order valence-electron chi connectivity index (χ0n) is 14.2. The molecule has 0 saturated heterocycles. The molecule has 0 bridgehead atoms. The molecular weight excluding hydrogens is 363 g/mol. The number of hydrogen-bond donors (Lipinski definition) is 0. The van der Waals surface area contributed by atoms with Crippen molar-refractivity contribution in [3.8, 4) is 6.07 Å². The highest BCUT2D eigenvalue weighted by Crippen LogP contribution is 2.25. The summed E-state index contributed by atoms with van der Waals surface area (Å²) in [6.07, 6.45) is -4.64. The van der Waals surface area contributed by atoms with E-state index in [-0.39, 0.29) is 23.4 Å². The molecule has 9 heteroatoms. The van der Waals surface area contributed by atoms with Gasteiger partial charge >= 0.3 is 6.18 Å². The quantitative estimate of drug-likeness (QED) is 0.582. The van der Waals surface area contributed by atoms with Crippen LogP contribution >= 0.6 is 0 Å². The summed E-state index contributed by atoms with van der Waals surface area (Å²) in [4.78, 5) is 23.6. The van der Waals surface area contributed by atoms with Gasteiger partial charge in [0.25, 0.3) is 11.6 Å². The molecule has 1 amide bonds. The van der Waals surface area contributed by atoms with Gasteiger partial charge in [-0.1, -0.05) is 18.2 Å². The van der Waals surface area contributed by atoms with E-state index in [1.54, 1.807) is 0 Å². The Hall–Kier alpha value is -3.41. The van der Waals surface area contributed by atoms with Crippen molar-refractivity contribution in [2.24, 2.45) is 0 Å². The number of amides is 1. The predicted octanol–water partition coefficient (Wildman–Crippen LogP) is 3.98. The van der Waals surface area contributed by atoms with Crippen molar-refractivity contribution >= 4 is 11.6 Å². The average molecular weight is 377 g/mol. The number of rotatable bonds is 5. The number of carbonyl (C=O) groups excluding carboxylic acids is 1. The van der Waals surface area contributed by atoms with Crippen molar-refractivity contribution in [1.29, 1.82) is 5.26 Å². The van der Waals surface area contributed by atoms with Crippen LogP contribution in [0.1, 0.15) is 27.0 Å². The monoisotopic (exact) mass is 377 g/mol. The minimum Gasteiger partial charge on any atom is -0.325 e. The molecule has 27 heavy (non-hydrogen) atoms. The molecule has 2 aromatic rings. The highest BCUT2D eigenvalue weighted by molar-refractivity contribution is 5.96. The number of hydrogen-bond acceptors (Lipinski definition) is 4. The lowest BCUT2D eigenvalue weighted by molar-refractivity contribution is -0.385. The van der Waals surface area contributed by atoms with Crippen LogP contribution in [-0.2, 0) is 6.54 Å². The molecule has 140 valence electrons. The summed E-state index contributed by atoms with van der Waals surface area (Å²) in [6, 6.07) is 11.4. The third-order valence-corrected chi connectivity index (χ3v) is 3.85. The maximum absolute atomic E-state index is 13.0. The standard InChI is InChI=1S/C18H14F3N3O3/c1-12-15(3-2-4-16(12)24(26)27)17(25)23(11-18(19,20)21)10-14-7-5-13(9-22)6-8-14/h2-8H,10-11H2,1H3. The molecule has 0 aromatic heterocycles. The first-order valence-corrected chi connectivity index (χ1v) is 7.71. The van der Waals surface area contributed by atoms with Crippen molar-refractivity contribution in [2.75, 3.05) is 6.54 Å². The van der Waals surface area contributed by atoms with E-state index < -0.39 is 23.6 Å². The number of nitro benzene ring substituents is 1. The summed E-state index contributed by atoms with van der Waals surface area (Å²) in [6.45, 7) is -0.543. The Balaban J connectivity index is 2.38. The first-order chi connectivity index (χ1) is 12.6. The van der Waals surface area contributed by atoms with E-state index in [0.29, 0.717) is 16.0 Å². The Kier molecular flexibility index (Phi) is 5.80. The normalized spacial score (nSPS) is 10.9. The van der Waals surface area contributed by atoms with Crippen LogP contribution in [0.15, 0.2) is 42.5 Å². The van der Waals surface area contributed by atoms with Gasteiger partial charge in [-0.05, 0) is 30.7 Å². The van der Waals surface area contributed by atoms with Gasteiger partial charge in [0, 0.05) is 23.7 Å². The van der Waals surface area contributed by atoms with Crippen LogP contribution < -0.4 is 0 Å². The van der Waals surface area contributed by atoms with Crippen molar-refractivity contribution in [1.82, 2.24) is 4.90 Å². The second kappa shape index (κ2) is 7.86. The molecule has 0 aliphatic heterocycles. The number of carbonyl (C=O) groups is 1. The fraction of sp³-hybridized carbons (Fsp3) is 0.222. The zero-order valence-corrected chi connectivity index (χ0v) is 14.2. The molecule has 0 aliphatic rings. The fourth-order valence-electron chi connectivity index (χ4n) is 2.54. The summed E-state index contributed by atoms with van der Waals surface area (Å²) < 4.78 is 38.9. The van der Waals surface area contributed by atoms with Crippen LogP contribution in [0.5, 0.6) is 0 Å². The molecule has 0 N–H and O–H groups in total. The molecule has 0 aliphatic carbocycles. The first kappa shape index (κ1) is 19.9. The summed E-state index contributed by atoms with van der Waals surface area (Å²) in [5.74, 6) is -0.960. The summed E-state index contributed by atoms with van der Waals surface area (Å²) in [7, 11) is 0. The van der Waals surface area contributed by atoms with Crippen LogP contribution in [0.25, 0.3) is 0 Å². The van der Waals surface area contributed by atoms with Crippen molar-refractivity contribution < 1.29 is 22.9 Å². The lowest BCUT2D eigenvalue weighted by atomic mass is 10.0. The Bertz CT molecular complexity index is 903. The molecule has 0 fully saturated rings. The topological polar surface area (TPSA) is 87.2 Å². The smallest absolute Gasteiger partial charge is 0.325 e. The average Bonchev–Trinajstić information content (AvgIpc) is 2.60. The Labute approximate surface area is 152 Å². The lowest BCUT2D eigenvalue weighted by Crippen LogP contribution is -2.38.